The first-order chi connectivity index (χ1) is 8.66. The van der Waals surface area contributed by atoms with E-state index in [0.717, 1.165) is 19.6 Å². The highest BCUT2D eigenvalue weighted by Gasteiger charge is 2.17. The Bertz CT molecular complexity index is 376. The Morgan fingerprint density at radius 1 is 1.61 bits per heavy atom. The second kappa shape index (κ2) is 6.36. The maximum absolute atomic E-state index is 13.6. The van der Waals surface area contributed by atoms with Gasteiger partial charge in [-0.2, -0.15) is 0 Å². The summed E-state index contributed by atoms with van der Waals surface area (Å²) < 4.78 is 19.0. The normalized spacial score (nSPS) is 21.6. The Balaban J connectivity index is 1.92. The first-order valence-electron chi connectivity index (χ1n) is 6.18. The van der Waals surface area contributed by atoms with Crippen molar-refractivity contribution in [1.82, 2.24) is 5.32 Å². The van der Waals surface area contributed by atoms with Crippen molar-refractivity contribution in [1.29, 1.82) is 0 Å². The molecule has 0 spiro atoms. The van der Waals surface area contributed by atoms with Gasteiger partial charge in [-0.25, -0.2) is 4.39 Å². The minimum absolute atomic E-state index is 0.124. The molecule has 2 unspecified atom stereocenters. The molecule has 2 N–H and O–H groups in total. The average molecular weight is 273 g/mol. The molecular formula is C13H18ClFN2O. The molecule has 0 bridgehead atoms. The van der Waals surface area contributed by atoms with Crippen LogP contribution in [0.4, 0.5) is 10.1 Å². The van der Waals surface area contributed by atoms with Crippen LogP contribution in [0, 0.1) is 5.82 Å². The molecule has 18 heavy (non-hydrogen) atoms. The number of para-hydroxylation sites is 1. The number of benzene rings is 1. The lowest BCUT2D eigenvalue weighted by molar-refractivity contribution is 0.0731. The number of rotatable bonds is 4. The number of hydrogen-bond acceptors (Lipinski definition) is 3. The first-order valence-corrected chi connectivity index (χ1v) is 6.56. The zero-order valence-electron chi connectivity index (χ0n) is 10.4. The molecular weight excluding hydrogens is 255 g/mol. The molecule has 1 aromatic carbocycles. The van der Waals surface area contributed by atoms with Gasteiger partial charge in [-0.15, -0.1) is 0 Å². The lowest BCUT2D eigenvalue weighted by atomic mass is 10.1. The first kappa shape index (κ1) is 13.6. The van der Waals surface area contributed by atoms with Gasteiger partial charge in [-0.3, -0.25) is 0 Å². The largest absolute Gasteiger partial charge is 0.379 e. The van der Waals surface area contributed by atoms with Gasteiger partial charge in [0.25, 0.3) is 0 Å². The Morgan fingerprint density at radius 3 is 3.11 bits per heavy atom. The highest BCUT2D eigenvalue weighted by atomic mass is 35.5. The van der Waals surface area contributed by atoms with Crippen LogP contribution in [0.25, 0.3) is 0 Å². The van der Waals surface area contributed by atoms with E-state index in [4.69, 9.17) is 16.3 Å². The van der Waals surface area contributed by atoms with Crippen molar-refractivity contribution in [3.8, 4) is 0 Å². The maximum atomic E-state index is 13.6. The van der Waals surface area contributed by atoms with Gasteiger partial charge in [0.05, 0.1) is 23.9 Å². The van der Waals surface area contributed by atoms with Gasteiger partial charge in [0.2, 0.25) is 0 Å². The van der Waals surface area contributed by atoms with Gasteiger partial charge in [0.1, 0.15) is 5.82 Å². The second-order valence-electron chi connectivity index (χ2n) is 4.60. The predicted octanol–water partition coefficient (Wildman–Crippen LogP) is 2.66. The van der Waals surface area contributed by atoms with Crippen molar-refractivity contribution < 1.29 is 9.13 Å². The summed E-state index contributed by atoms with van der Waals surface area (Å²) in [6, 6.07) is 5.12. The summed E-state index contributed by atoms with van der Waals surface area (Å²) in [5.41, 5.74) is 0.378. The third kappa shape index (κ3) is 3.57. The highest BCUT2D eigenvalue weighted by molar-refractivity contribution is 6.33. The van der Waals surface area contributed by atoms with Crippen LogP contribution in [0.2, 0.25) is 5.02 Å². The van der Waals surface area contributed by atoms with Crippen molar-refractivity contribution in [3.05, 3.63) is 29.0 Å². The summed E-state index contributed by atoms with van der Waals surface area (Å²) in [7, 11) is 0. The molecule has 1 aromatic rings. The standard InChI is InChI=1S/C13H18ClFN2O/c1-9(7-10-8-18-6-5-16-10)17-13-11(14)3-2-4-12(13)15/h2-4,9-10,16-17H,5-8H2,1H3. The van der Waals surface area contributed by atoms with Gasteiger partial charge in [0.15, 0.2) is 0 Å². The van der Waals surface area contributed by atoms with Gasteiger partial charge in [-0.05, 0) is 25.5 Å². The Hall–Kier alpha value is -0.840. The number of anilines is 1. The molecule has 1 saturated heterocycles. The Labute approximate surface area is 112 Å². The molecule has 1 aliphatic heterocycles. The van der Waals surface area contributed by atoms with E-state index in [1.807, 2.05) is 6.92 Å². The molecule has 2 rings (SSSR count). The summed E-state index contributed by atoms with van der Waals surface area (Å²) in [6.07, 6.45) is 0.866. The van der Waals surface area contributed by atoms with E-state index in [9.17, 15) is 4.39 Å². The van der Waals surface area contributed by atoms with Crippen molar-refractivity contribution in [3.63, 3.8) is 0 Å². The lowest BCUT2D eigenvalue weighted by Gasteiger charge is -2.27. The molecule has 0 aromatic heterocycles. The maximum Gasteiger partial charge on any atom is 0.147 e. The van der Waals surface area contributed by atoms with Crippen LogP contribution >= 0.6 is 11.6 Å². The van der Waals surface area contributed by atoms with E-state index < -0.39 is 0 Å². The molecule has 5 heteroatoms. The van der Waals surface area contributed by atoms with Crippen molar-refractivity contribution in [2.75, 3.05) is 25.1 Å². The summed E-state index contributed by atoms with van der Waals surface area (Å²) in [5, 5.41) is 6.91. The van der Waals surface area contributed by atoms with Gasteiger partial charge in [0, 0.05) is 18.6 Å². The quantitative estimate of drug-likeness (QED) is 0.884. The third-order valence-electron chi connectivity index (χ3n) is 2.99. The highest BCUT2D eigenvalue weighted by Crippen LogP contribution is 2.25. The van der Waals surface area contributed by atoms with Crippen LogP contribution in [0.1, 0.15) is 13.3 Å². The molecule has 2 atom stereocenters. The molecule has 100 valence electrons. The summed E-state index contributed by atoms with van der Waals surface area (Å²) in [4.78, 5) is 0. The van der Waals surface area contributed by atoms with Crippen LogP contribution < -0.4 is 10.6 Å². The molecule has 0 aliphatic carbocycles. The summed E-state index contributed by atoms with van der Waals surface area (Å²) >= 11 is 5.97. The zero-order valence-corrected chi connectivity index (χ0v) is 11.1. The molecule has 1 heterocycles. The average Bonchev–Trinajstić information content (AvgIpc) is 2.35. The zero-order chi connectivity index (χ0) is 13.0. The fourth-order valence-electron chi connectivity index (χ4n) is 2.14. The Morgan fingerprint density at radius 2 is 2.44 bits per heavy atom. The van der Waals surface area contributed by atoms with E-state index >= 15 is 0 Å². The molecule has 0 saturated carbocycles. The van der Waals surface area contributed by atoms with E-state index in [-0.39, 0.29) is 11.9 Å². The van der Waals surface area contributed by atoms with Gasteiger partial charge < -0.3 is 15.4 Å². The molecule has 1 aliphatic rings. The van der Waals surface area contributed by atoms with Crippen LogP contribution in [0.3, 0.4) is 0 Å². The minimum atomic E-state index is -0.317. The lowest BCUT2D eigenvalue weighted by Crippen LogP contribution is -2.43. The number of morpholine rings is 1. The Kier molecular flexibility index (Phi) is 4.80. The predicted molar refractivity (Wildman–Crippen MR) is 71.7 cm³/mol. The topological polar surface area (TPSA) is 33.3 Å². The molecule has 3 nitrogen and oxygen atoms in total. The smallest absolute Gasteiger partial charge is 0.147 e. The van der Waals surface area contributed by atoms with Crippen LogP contribution in [-0.2, 0) is 4.74 Å². The van der Waals surface area contributed by atoms with E-state index in [2.05, 4.69) is 10.6 Å². The van der Waals surface area contributed by atoms with E-state index in [1.165, 1.54) is 6.07 Å². The summed E-state index contributed by atoms with van der Waals surface area (Å²) in [5.74, 6) is -0.317. The van der Waals surface area contributed by atoms with Gasteiger partial charge >= 0.3 is 0 Å². The number of hydrogen-bond donors (Lipinski definition) is 2. The molecule has 1 fully saturated rings. The monoisotopic (exact) mass is 272 g/mol. The molecule has 0 radical (unpaired) electrons. The van der Waals surface area contributed by atoms with Crippen molar-refractivity contribution in [2.24, 2.45) is 0 Å². The fraction of sp³-hybridized carbons (Fsp3) is 0.538. The van der Waals surface area contributed by atoms with E-state index in [0.29, 0.717) is 23.4 Å². The number of ether oxygens (including phenoxy) is 1. The molecule has 0 amide bonds. The van der Waals surface area contributed by atoms with Crippen molar-refractivity contribution >= 4 is 17.3 Å². The number of halogens is 2. The van der Waals surface area contributed by atoms with Crippen molar-refractivity contribution in [2.45, 2.75) is 25.4 Å². The van der Waals surface area contributed by atoms with E-state index in [1.54, 1.807) is 12.1 Å². The number of nitrogens with one attached hydrogen (secondary N) is 2. The SMILES string of the molecule is CC(CC1COCCN1)Nc1c(F)cccc1Cl. The van der Waals surface area contributed by atoms with Gasteiger partial charge in [-0.1, -0.05) is 17.7 Å². The fourth-order valence-corrected chi connectivity index (χ4v) is 2.36. The third-order valence-corrected chi connectivity index (χ3v) is 3.30. The van der Waals surface area contributed by atoms with Crippen LogP contribution in [-0.4, -0.2) is 31.8 Å². The van der Waals surface area contributed by atoms with Crippen LogP contribution in [0.15, 0.2) is 18.2 Å². The second-order valence-corrected chi connectivity index (χ2v) is 5.01. The minimum Gasteiger partial charge on any atom is -0.379 e. The van der Waals surface area contributed by atoms with Crippen LogP contribution in [0.5, 0.6) is 0 Å². The summed E-state index contributed by atoms with van der Waals surface area (Å²) in [6.45, 7) is 4.35.